The summed E-state index contributed by atoms with van der Waals surface area (Å²) in [7, 11) is -3.40. The van der Waals surface area contributed by atoms with Crippen molar-refractivity contribution in [2.45, 2.75) is 5.75 Å². The molecule has 0 amide bonds. The van der Waals surface area contributed by atoms with E-state index in [1.165, 1.54) is 10.4 Å². The maximum absolute atomic E-state index is 12.6. The molecular weight excluding hydrogens is 342 g/mol. The minimum Gasteiger partial charge on any atom is -0.478 e. The molecule has 25 heavy (non-hydrogen) atoms. The molecule has 2 heterocycles. The molecule has 0 unspecified atom stereocenters. The quantitative estimate of drug-likeness (QED) is 0.866. The molecule has 3 rings (SSSR count). The van der Waals surface area contributed by atoms with Crippen molar-refractivity contribution in [1.82, 2.24) is 9.29 Å². The number of benzene rings is 1. The molecule has 8 heteroatoms. The average Bonchev–Trinajstić information content (AvgIpc) is 2.62. The Bertz CT molecular complexity index is 847. The number of carboxylic acid groups (broad SMARTS) is 1. The van der Waals surface area contributed by atoms with Crippen molar-refractivity contribution in [3.8, 4) is 0 Å². The normalized spacial score (nSPS) is 15.9. The summed E-state index contributed by atoms with van der Waals surface area (Å²) in [6.45, 7) is 1.44. The van der Waals surface area contributed by atoms with Gasteiger partial charge in [-0.15, -0.1) is 0 Å². The first-order valence-corrected chi connectivity index (χ1v) is 9.53. The molecule has 0 bridgehead atoms. The first-order valence-electron chi connectivity index (χ1n) is 7.92. The maximum atomic E-state index is 12.6. The average molecular weight is 361 g/mol. The van der Waals surface area contributed by atoms with E-state index in [9.17, 15) is 18.3 Å². The molecule has 2 aromatic rings. The van der Waals surface area contributed by atoms with Crippen molar-refractivity contribution >= 4 is 21.8 Å². The molecule has 1 N–H and O–H groups in total. The lowest BCUT2D eigenvalue weighted by atomic mass is 10.2. The van der Waals surface area contributed by atoms with E-state index in [4.69, 9.17) is 0 Å². The zero-order valence-electron chi connectivity index (χ0n) is 13.6. The van der Waals surface area contributed by atoms with Gasteiger partial charge < -0.3 is 10.0 Å². The standard InChI is InChI=1S/C17H19N3O4S/c21-17(22)15-7-4-8-18-16(15)19-9-11-20(12-10-19)25(23,24)13-14-5-2-1-3-6-14/h1-8H,9-13H2,(H,21,22). The van der Waals surface area contributed by atoms with Crippen LogP contribution in [0.5, 0.6) is 0 Å². The first-order chi connectivity index (χ1) is 12.0. The summed E-state index contributed by atoms with van der Waals surface area (Å²) >= 11 is 0. The summed E-state index contributed by atoms with van der Waals surface area (Å²) in [6.07, 6.45) is 1.54. The summed E-state index contributed by atoms with van der Waals surface area (Å²) < 4.78 is 26.6. The molecular formula is C17H19N3O4S. The molecule has 0 atom stereocenters. The molecule has 0 aliphatic carbocycles. The Labute approximate surface area is 146 Å². The fourth-order valence-electron chi connectivity index (χ4n) is 2.87. The molecule has 0 saturated carbocycles. The van der Waals surface area contributed by atoms with E-state index in [1.54, 1.807) is 24.4 Å². The van der Waals surface area contributed by atoms with Crippen LogP contribution in [0.3, 0.4) is 0 Å². The summed E-state index contributed by atoms with van der Waals surface area (Å²) in [6, 6.07) is 12.1. The predicted molar refractivity (Wildman–Crippen MR) is 94.0 cm³/mol. The van der Waals surface area contributed by atoms with E-state index >= 15 is 0 Å². The van der Waals surface area contributed by atoms with Crippen LogP contribution >= 0.6 is 0 Å². The zero-order chi connectivity index (χ0) is 17.9. The van der Waals surface area contributed by atoms with Crippen LogP contribution in [0.15, 0.2) is 48.7 Å². The highest BCUT2D eigenvalue weighted by Gasteiger charge is 2.29. The van der Waals surface area contributed by atoms with E-state index in [-0.39, 0.29) is 11.3 Å². The van der Waals surface area contributed by atoms with Gasteiger partial charge in [0.05, 0.1) is 5.75 Å². The van der Waals surface area contributed by atoms with Gasteiger partial charge in [0.15, 0.2) is 0 Å². The van der Waals surface area contributed by atoms with Gasteiger partial charge in [0, 0.05) is 32.4 Å². The number of hydrogen-bond donors (Lipinski definition) is 1. The molecule has 1 fully saturated rings. The maximum Gasteiger partial charge on any atom is 0.339 e. The number of hydrogen-bond acceptors (Lipinski definition) is 5. The van der Waals surface area contributed by atoms with E-state index in [0.717, 1.165) is 5.56 Å². The van der Waals surface area contributed by atoms with Gasteiger partial charge in [-0.3, -0.25) is 0 Å². The molecule has 1 aromatic heterocycles. The molecule has 1 aromatic carbocycles. The highest BCUT2D eigenvalue weighted by molar-refractivity contribution is 7.88. The summed E-state index contributed by atoms with van der Waals surface area (Å²) in [5.41, 5.74) is 0.880. The molecule has 132 valence electrons. The topological polar surface area (TPSA) is 90.8 Å². The minimum atomic E-state index is -3.40. The van der Waals surface area contributed by atoms with Crippen LogP contribution in [-0.4, -0.2) is 55.0 Å². The molecule has 7 nitrogen and oxygen atoms in total. The van der Waals surface area contributed by atoms with Gasteiger partial charge in [-0.2, -0.15) is 4.31 Å². The Balaban J connectivity index is 1.69. The smallest absolute Gasteiger partial charge is 0.339 e. The number of aromatic carboxylic acids is 1. The summed E-state index contributed by atoms with van der Waals surface area (Å²) in [4.78, 5) is 17.3. The fourth-order valence-corrected chi connectivity index (χ4v) is 4.39. The van der Waals surface area contributed by atoms with Gasteiger partial charge in [-0.05, 0) is 17.7 Å². The SMILES string of the molecule is O=C(O)c1cccnc1N1CCN(S(=O)(=O)Cc2ccccc2)CC1. The fraction of sp³-hybridized carbons (Fsp3) is 0.294. The number of sulfonamides is 1. The monoisotopic (exact) mass is 361 g/mol. The largest absolute Gasteiger partial charge is 0.478 e. The zero-order valence-corrected chi connectivity index (χ0v) is 14.4. The van der Waals surface area contributed by atoms with Gasteiger partial charge in [0.2, 0.25) is 10.0 Å². The van der Waals surface area contributed by atoms with Gasteiger partial charge in [0.25, 0.3) is 0 Å². The second-order valence-corrected chi connectivity index (χ2v) is 7.78. The number of carboxylic acids is 1. The Morgan fingerprint density at radius 1 is 1.04 bits per heavy atom. The lowest BCUT2D eigenvalue weighted by Gasteiger charge is -2.35. The minimum absolute atomic E-state index is 0.0300. The molecule has 1 aliphatic heterocycles. The number of rotatable bonds is 5. The van der Waals surface area contributed by atoms with Crippen LogP contribution in [0, 0.1) is 0 Å². The second-order valence-electron chi connectivity index (χ2n) is 5.81. The molecule has 0 spiro atoms. The van der Waals surface area contributed by atoms with E-state index < -0.39 is 16.0 Å². The van der Waals surface area contributed by atoms with Crippen LogP contribution in [0.2, 0.25) is 0 Å². The van der Waals surface area contributed by atoms with E-state index in [2.05, 4.69) is 4.98 Å². The second kappa shape index (κ2) is 7.20. The van der Waals surface area contributed by atoms with Crippen molar-refractivity contribution in [2.24, 2.45) is 0 Å². The lowest BCUT2D eigenvalue weighted by molar-refractivity contribution is 0.0697. The highest BCUT2D eigenvalue weighted by atomic mass is 32.2. The molecule has 1 aliphatic rings. The van der Waals surface area contributed by atoms with Crippen LogP contribution in [0.25, 0.3) is 0 Å². The predicted octanol–water partition coefficient (Wildman–Crippen LogP) is 1.43. The Morgan fingerprint density at radius 3 is 2.36 bits per heavy atom. The summed E-state index contributed by atoms with van der Waals surface area (Å²) in [5, 5.41) is 9.27. The molecule has 0 radical (unpaired) electrons. The number of anilines is 1. The third kappa shape index (κ3) is 3.97. The van der Waals surface area contributed by atoms with Crippen molar-refractivity contribution in [3.63, 3.8) is 0 Å². The first kappa shape index (κ1) is 17.4. The van der Waals surface area contributed by atoms with Crippen molar-refractivity contribution in [2.75, 3.05) is 31.1 Å². The number of nitrogens with zero attached hydrogens (tertiary/aromatic N) is 3. The van der Waals surface area contributed by atoms with Gasteiger partial charge in [-0.25, -0.2) is 18.2 Å². The van der Waals surface area contributed by atoms with Crippen LogP contribution in [0.1, 0.15) is 15.9 Å². The number of piperazine rings is 1. The number of carbonyl (C=O) groups is 1. The van der Waals surface area contributed by atoms with Crippen LogP contribution in [-0.2, 0) is 15.8 Å². The van der Waals surface area contributed by atoms with Gasteiger partial charge in [-0.1, -0.05) is 30.3 Å². The van der Waals surface area contributed by atoms with E-state index in [1.807, 2.05) is 23.1 Å². The van der Waals surface area contributed by atoms with Crippen molar-refractivity contribution in [3.05, 3.63) is 59.8 Å². The van der Waals surface area contributed by atoms with Gasteiger partial charge >= 0.3 is 5.97 Å². The van der Waals surface area contributed by atoms with Crippen LogP contribution in [0.4, 0.5) is 5.82 Å². The third-order valence-electron chi connectivity index (χ3n) is 4.14. The highest BCUT2D eigenvalue weighted by Crippen LogP contribution is 2.21. The Hall–Kier alpha value is -2.45. The van der Waals surface area contributed by atoms with Gasteiger partial charge in [0.1, 0.15) is 11.4 Å². The number of pyridine rings is 1. The Morgan fingerprint density at radius 2 is 1.72 bits per heavy atom. The van der Waals surface area contributed by atoms with Crippen LogP contribution < -0.4 is 4.90 Å². The lowest BCUT2D eigenvalue weighted by Crippen LogP contribution is -2.49. The summed E-state index contributed by atoms with van der Waals surface area (Å²) in [5.74, 6) is -0.685. The van der Waals surface area contributed by atoms with Crippen molar-refractivity contribution in [1.29, 1.82) is 0 Å². The molecule has 1 saturated heterocycles. The van der Waals surface area contributed by atoms with Crippen molar-refractivity contribution < 1.29 is 18.3 Å². The number of aromatic nitrogens is 1. The Kier molecular flexibility index (Phi) is 5.00. The van der Waals surface area contributed by atoms with E-state index in [0.29, 0.717) is 32.0 Å². The third-order valence-corrected chi connectivity index (χ3v) is 5.99.